The number of carbonyl (C=O) groups excluding carboxylic acids is 2. The molecule has 8 heteroatoms. The van der Waals surface area contributed by atoms with Gasteiger partial charge in [0.15, 0.2) is 0 Å². The Morgan fingerprint density at radius 1 is 1.18 bits per heavy atom. The average Bonchev–Trinajstić information content (AvgIpc) is 3.49. The van der Waals surface area contributed by atoms with E-state index in [1.54, 1.807) is 6.07 Å². The second-order valence-corrected chi connectivity index (χ2v) is 11.6. The van der Waals surface area contributed by atoms with Gasteiger partial charge in [0.05, 0.1) is 23.4 Å². The van der Waals surface area contributed by atoms with Gasteiger partial charge in [-0.25, -0.2) is 4.79 Å². The maximum Gasteiger partial charge on any atom is 0.335 e. The molecular weight excluding hydrogens is 440 g/mol. The number of ether oxygens (including phenoxy) is 2. The highest BCUT2D eigenvalue weighted by atomic mass is 16.7. The van der Waals surface area contributed by atoms with E-state index in [1.807, 2.05) is 0 Å². The van der Waals surface area contributed by atoms with E-state index in [1.165, 1.54) is 19.3 Å². The van der Waals surface area contributed by atoms with Crippen LogP contribution in [0.3, 0.4) is 0 Å². The van der Waals surface area contributed by atoms with Gasteiger partial charge >= 0.3 is 11.6 Å². The lowest BCUT2D eigenvalue weighted by Gasteiger charge is -2.62. The van der Waals surface area contributed by atoms with Gasteiger partial charge in [-0.15, -0.1) is 0 Å². The summed E-state index contributed by atoms with van der Waals surface area (Å²) in [5, 5.41) is 21.9. The Balaban J connectivity index is 1.44. The zero-order chi connectivity index (χ0) is 24.1. The average molecular weight is 473 g/mol. The molecule has 1 aromatic rings. The van der Waals surface area contributed by atoms with Crippen LogP contribution in [0.1, 0.15) is 70.3 Å². The van der Waals surface area contributed by atoms with Crippen LogP contribution in [0.4, 0.5) is 0 Å². The lowest BCUT2D eigenvalue weighted by molar-refractivity contribution is -0.220. The van der Waals surface area contributed by atoms with Gasteiger partial charge in [-0.3, -0.25) is 4.79 Å². The molecule has 4 aliphatic carbocycles. The van der Waals surface area contributed by atoms with Crippen molar-refractivity contribution in [3.63, 3.8) is 0 Å². The molecule has 6 rings (SSSR count). The van der Waals surface area contributed by atoms with Crippen molar-refractivity contribution in [2.75, 3.05) is 0 Å². The highest BCUT2D eigenvalue weighted by molar-refractivity contribution is 5.67. The van der Waals surface area contributed by atoms with Crippen LogP contribution in [0, 0.1) is 22.7 Å². The highest BCUT2D eigenvalue weighted by Gasteiger charge is 2.85. The Kier molecular flexibility index (Phi) is 4.63. The van der Waals surface area contributed by atoms with Crippen LogP contribution in [-0.2, 0) is 19.1 Å². The fourth-order valence-electron chi connectivity index (χ4n) is 9.05. The Bertz CT molecular complexity index is 1080. The minimum Gasteiger partial charge on any atom is -0.459 e. The van der Waals surface area contributed by atoms with Gasteiger partial charge in [0, 0.05) is 30.7 Å². The summed E-state index contributed by atoms with van der Waals surface area (Å²) in [6, 6.07) is 3.14. The van der Waals surface area contributed by atoms with Crippen molar-refractivity contribution < 1.29 is 33.7 Å². The molecule has 184 valence electrons. The third-order valence-corrected chi connectivity index (χ3v) is 10.4. The second-order valence-electron chi connectivity index (χ2n) is 11.6. The van der Waals surface area contributed by atoms with E-state index in [2.05, 4.69) is 6.92 Å². The minimum absolute atomic E-state index is 0.0238. The molecule has 10 atom stereocenters. The molecule has 1 aromatic heterocycles. The number of rotatable bonds is 3. The summed E-state index contributed by atoms with van der Waals surface area (Å²) in [4.78, 5) is 36.4. The van der Waals surface area contributed by atoms with Crippen molar-refractivity contribution >= 4 is 12.3 Å². The summed E-state index contributed by atoms with van der Waals surface area (Å²) in [5.41, 5.74) is -2.72. The van der Waals surface area contributed by atoms with E-state index in [4.69, 9.17) is 13.9 Å². The van der Waals surface area contributed by atoms with E-state index in [9.17, 15) is 24.6 Å². The standard InChI is InChI=1S/C26H32O8/c1-14(28)33-21-20(15-3-4-19(30)32-12-15)23(2)8-6-17-18(26(23)22(21)34-26)7-10-25(31)11-16(29)5-9-24(17,25)13-27/h3-4,12-13,16-18,20-22,29,31H,5-11H2,1-2H3/t16-,17-,18+,20-,21+,22+,23+,24-,25-,26+/m0/s1. The molecule has 0 aromatic carbocycles. The Hall–Kier alpha value is -2.03. The third-order valence-electron chi connectivity index (χ3n) is 10.4. The highest BCUT2D eigenvalue weighted by Crippen LogP contribution is 2.78. The van der Waals surface area contributed by atoms with Gasteiger partial charge in [-0.2, -0.15) is 0 Å². The Labute approximate surface area is 197 Å². The number of esters is 1. The molecule has 1 saturated heterocycles. The minimum atomic E-state index is -1.21. The number of hydrogen-bond acceptors (Lipinski definition) is 8. The molecule has 2 heterocycles. The maximum atomic E-state index is 12.7. The maximum absolute atomic E-state index is 12.7. The molecule has 5 aliphatic rings. The van der Waals surface area contributed by atoms with Gasteiger partial charge in [-0.05, 0) is 62.0 Å². The summed E-state index contributed by atoms with van der Waals surface area (Å²) in [6.07, 6.45) is 4.77. The van der Waals surface area contributed by atoms with Crippen LogP contribution < -0.4 is 5.63 Å². The normalized spacial score (nSPS) is 50.8. The molecule has 1 aliphatic heterocycles. The number of aliphatic hydroxyl groups excluding tert-OH is 1. The summed E-state index contributed by atoms with van der Waals surface area (Å²) >= 11 is 0. The lowest BCUT2D eigenvalue weighted by atomic mass is 9.42. The van der Waals surface area contributed by atoms with Crippen molar-refractivity contribution in [3.05, 3.63) is 34.4 Å². The third kappa shape index (κ3) is 2.57. The van der Waals surface area contributed by atoms with E-state index < -0.39 is 39.9 Å². The quantitative estimate of drug-likeness (QED) is 0.389. The molecule has 5 fully saturated rings. The topological polar surface area (TPSA) is 127 Å². The van der Waals surface area contributed by atoms with E-state index in [0.717, 1.165) is 24.7 Å². The van der Waals surface area contributed by atoms with Gasteiger partial charge in [0.25, 0.3) is 0 Å². The summed E-state index contributed by atoms with van der Waals surface area (Å²) in [7, 11) is 0. The first-order chi connectivity index (χ1) is 16.1. The van der Waals surface area contributed by atoms with E-state index >= 15 is 0 Å². The van der Waals surface area contributed by atoms with Gasteiger partial charge in [0.2, 0.25) is 0 Å². The Morgan fingerprint density at radius 2 is 1.94 bits per heavy atom. The molecule has 8 nitrogen and oxygen atoms in total. The first-order valence-corrected chi connectivity index (χ1v) is 12.4. The van der Waals surface area contributed by atoms with Crippen LogP contribution in [0.15, 0.2) is 27.6 Å². The number of hydrogen-bond donors (Lipinski definition) is 2. The van der Waals surface area contributed by atoms with Gasteiger partial charge in [-0.1, -0.05) is 6.92 Å². The number of fused-ring (bicyclic) bond motifs is 3. The number of epoxide rings is 1. The largest absolute Gasteiger partial charge is 0.459 e. The van der Waals surface area contributed by atoms with Crippen LogP contribution in [0.25, 0.3) is 0 Å². The molecule has 34 heavy (non-hydrogen) atoms. The molecule has 2 N–H and O–H groups in total. The van der Waals surface area contributed by atoms with Crippen LogP contribution in [-0.4, -0.2) is 52.0 Å². The van der Waals surface area contributed by atoms with Crippen molar-refractivity contribution in [3.8, 4) is 0 Å². The number of carbonyl (C=O) groups is 2. The van der Waals surface area contributed by atoms with Crippen molar-refractivity contribution in [2.45, 2.75) is 94.2 Å². The SMILES string of the molecule is CC(=O)O[C@H]1[C@H]2O[C@]23[C@@H]2CC[C@]4(O)C[C@@H](O)CC[C@]4(C=O)[C@H]2CC[C@]3(C)[C@H]1c1ccc(=O)oc1. The summed E-state index contributed by atoms with van der Waals surface area (Å²) in [6.45, 7) is 3.56. The first-order valence-electron chi connectivity index (χ1n) is 12.4. The van der Waals surface area contributed by atoms with Crippen molar-refractivity contribution in [2.24, 2.45) is 22.7 Å². The number of aldehydes is 1. The molecule has 1 spiro atoms. The zero-order valence-electron chi connectivity index (χ0n) is 19.6. The second kappa shape index (κ2) is 7.02. The van der Waals surface area contributed by atoms with Gasteiger partial charge < -0.3 is 28.9 Å². The predicted molar refractivity (Wildman–Crippen MR) is 118 cm³/mol. The van der Waals surface area contributed by atoms with Crippen LogP contribution in [0.5, 0.6) is 0 Å². The molecule has 0 bridgehead atoms. The molecule has 0 unspecified atom stereocenters. The summed E-state index contributed by atoms with van der Waals surface area (Å²) in [5.74, 6) is -0.641. The van der Waals surface area contributed by atoms with Crippen molar-refractivity contribution in [1.82, 2.24) is 0 Å². The summed E-state index contributed by atoms with van der Waals surface area (Å²) < 4.78 is 17.6. The molecule has 4 saturated carbocycles. The van der Waals surface area contributed by atoms with Crippen LogP contribution in [0.2, 0.25) is 0 Å². The zero-order valence-corrected chi connectivity index (χ0v) is 19.6. The fraction of sp³-hybridized carbons (Fsp3) is 0.731. The fourth-order valence-corrected chi connectivity index (χ4v) is 9.05. The first kappa shape index (κ1) is 22.4. The van der Waals surface area contributed by atoms with E-state index in [-0.39, 0.29) is 36.2 Å². The molecular formula is C26H32O8. The molecule has 0 radical (unpaired) electrons. The van der Waals surface area contributed by atoms with Gasteiger partial charge in [0.1, 0.15) is 24.1 Å². The number of aliphatic hydroxyl groups is 2. The monoisotopic (exact) mass is 472 g/mol. The predicted octanol–water partition coefficient (Wildman–Crippen LogP) is 2.09. The smallest absolute Gasteiger partial charge is 0.335 e. The Morgan fingerprint density at radius 3 is 2.62 bits per heavy atom. The van der Waals surface area contributed by atoms with Crippen LogP contribution >= 0.6 is 0 Å². The molecule has 0 amide bonds. The van der Waals surface area contributed by atoms with E-state index in [0.29, 0.717) is 25.7 Å². The lowest BCUT2D eigenvalue weighted by Crippen LogP contribution is -2.66. The van der Waals surface area contributed by atoms with Crippen molar-refractivity contribution in [1.29, 1.82) is 0 Å².